The Morgan fingerprint density at radius 3 is 2.48 bits per heavy atom. The molecule has 0 saturated heterocycles. The van der Waals surface area contributed by atoms with Crippen molar-refractivity contribution < 1.29 is 17.6 Å². The molecule has 31 heavy (non-hydrogen) atoms. The van der Waals surface area contributed by atoms with Gasteiger partial charge in [-0.15, -0.1) is 10.2 Å². The summed E-state index contributed by atoms with van der Waals surface area (Å²) in [5.74, 6) is 0.975. The second-order valence-corrected chi connectivity index (χ2v) is 10.6. The number of hydrogen-bond acceptors (Lipinski definition) is 7. The molecule has 8 nitrogen and oxygen atoms in total. The van der Waals surface area contributed by atoms with Gasteiger partial charge in [-0.2, -0.15) is 4.31 Å². The molecule has 1 aromatic carbocycles. The summed E-state index contributed by atoms with van der Waals surface area (Å²) in [4.78, 5) is 12.5. The maximum Gasteiger partial charge on any atom is 0.277 e. The van der Waals surface area contributed by atoms with E-state index in [1.807, 2.05) is 13.8 Å². The van der Waals surface area contributed by atoms with Crippen molar-refractivity contribution in [2.45, 2.75) is 62.6 Å². The minimum atomic E-state index is -3.51. The number of carbonyl (C=O) groups is 1. The van der Waals surface area contributed by atoms with Crippen LogP contribution in [0.3, 0.4) is 0 Å². The van der Waals surface area contributed by atoms with Gasteiger partial charge in [0, 0.05) is 24.7 Å². The second-order valence-electron chi connectivity index (χ2n) is 7.71. The predicted molar refractivity (Wildman–Crippen MR) is 120 cm³/mol. The average Bonchev–Trinajstić information content (AvgIpc) is 3.24. The lowest BCUT2D eigenvalue weighted by molar-refractivity contribution is -0.119. The number of benzene rings is 1. The molecule has 1 amide bonds. The number of nitrogens with one attached hydrogen (secondary N) is 1. The van der Waals surface area contributed by atoms with Crippen LogP contribution >= 0.6 is 11.8 Å². The Labute approximate surface area is 188 Å². The highest BCUT2D eigenvalue weighted by atomic mass is 32.2. The zero-order valence-corrected chi connectivity index (χ0v) is 19.8. The second kappa shape index (κ2) is 10.6. The highest BCUT2D eigenvalue weighted by Gasteiger charge is 2.24. The van der Waals surface area contributed by atoms with Crippen molar-refractivity contribution in [2.75, 3.05) is 18.8 Å². The van der Waals surface area contributed by atoms with Crippen LogP contribution in [0.15, 0.2) is 38.8 Å². The molecule has 3 rings (SSSR count). The van der Waals surface area contributed by atoms with Gasteiger partial charge in [0.25, 0.3) is 5.22 Å². The van der Waals surface area contributed by atoms with E-state index in [4.69, 9.17) is 4.42 Å². The van der Waals surface area contributed by atoms with E-state index < -0.39 is 10.0 Å². The number of rotatable bonds is 9. The number of carbonyl (C=O) groups excluding carboxylic acids is 1. The molecule has 1 N–H and O–H groups in total. The average molecular weight is 467 g/mol. The fourth-order valence-corrected chi connectivity index (χ4v) is 5.81. The van der Waals surface area contributed by atoms with Crippen molar-refractivity contribution in [1.82, 2.24) is 19.8 Å². The molecule has 2 aromatic rings. The lowest BCUT2D eigenvalue weighted by Gasteiger charge is -2.29. The molecule has 10 heteroatoms. The van der Waals surface area contributed by atoms with Crippen molar-refractivity contribution in [1.29, 1.82) is 0 Å². The van der Waals surface area contributed by atoms with E-state index in [0.717, 1.165) is 19.3 Å². The highest BCUT2D eigenvalue weighted by Crippen LogP contribution is 2.26. The van der Waals surface area contributed by atoms with Gasteiger partial charge in [0.05, 0.1) is 10.6 Å². The Bertz CT molecular complexity index is 972. The smallest absolute Gasteiger partial charge is 0.277 e. The molecule has 1 heterocycles. The van der Waals surface area contributed by atoms with Gasteiger partial charge in [-0.05, 0) is 43.0 Å². The van der Waals surface area contributed by atoms with Crippen molar-refractivity contribution in [3.05, 3.63) is 24.3 Å². The normalized spacial score (nSPS) is 19.5. The van der Waals surface area contributed by atoms with Crippen LogP contribution in [0.4, 0.5) is 0 Å². The van der Waals surface area contributed by atoms with Crippen molar-refractivity contribution in [3.63, 3.8) is 0 Å². The fourth-order valence-electron chi connectivity index (χ4n) is 3.77. The van der Waals surface area contributed by atoms with Gasteiger partial charge in [0.15, 0.2) is 0 Å². The Kier molecular flexibility index (Phi) is 8.12. The summed E-state index contributed by atoms with van der Waals surface area (Å²) in [5.41, 5.74) is 0.623. The van der Waals surface area contributed by atoms with Crippen molar-refractivity contribution >= 4 is 27.7 Å². The van der Waals surface area contributed by atoms with Crippen LogP contribution in [0.5, 0.6) is 0 Å². The van der Waals surface area contributed by atoms with Crippen LogP contribution in [0.2, 0.25) is 0 Å². The number of hydrogen-bond donors (Lipinski definition) is 1. The standard InChI is InChI=1S/C21H30N4O4S2/c1-4-25(5-2)31(27,28)17-12-10-16(11-13-17)20-23-24-21(29-20)30-14-19(26)22-18-9-7-6-8-15(18)3/h10-13,15,18H,4-9,14H2,1-3H3,(H,22,26)/t15-,18+/m0/s1. The fraction of sp³-hybridized carbons (Fsp3) is 0.571. The molecule has 0 aliphatic heterocycles. The molecule has 0 radical (unpaired) electrons. The van der Waals surface area contributed by atoms with Gasteiger partial charge in [-0.1, -0.05) is 45.4 Å². The molecule has 0 spiro atoms. The molecule has 0 bridgehead atoms. The third-order valence-electron chi connectivity index (χ3n) is 5.64. The van der Waals surface area contributed by atoms with Gasteiger partial charge in [-0.3, -0.25) is 4.79 Å². The van der Waals surface area contributed by atoms with E-state index in [1.54, 1.807) is 24.3 Å². The van der Waals surface area contributed by atoms with Crippen molar-refractivity contribution in [3.8, 4) is 11.5 Å². The van der Waals surface area contributed by atoms with Crippen LogP contribution < -0.4 is 5.32 Å². The first-order valence-corrected chi connectivity index (χ1v) is 13.1. The summed E-state index contributed by atoms with van der Waals surface area (Å²) >= 11 is 1.20. The van der Waals surface area contributed by atoms with E-state index in [-0.39, 0.29) is 28.5 Å². The number of thioether (sulfide) groups is 1. The Morgan fingerprint density at radius 2 is 1.84 bits per heavy atom. The molecule has 1 aliphatic rings. The zero-order chi connectivity index (χ0) is 22.4. The summed E-state index contributed by atoms with van der Waals surface area (Å²) in [7, 11) is -3.51. The SMILES string of the molecule is CCN(CC)S(=O)(=O)c1ccc(-c2nnc(SCC(=O)N[C@@H]3CCCC[C@@H]3C)o2)cc1. The first-order chi connectivity index (χ1) is 14.8. The van der Waals surface area contributed by atoms with E-state index >= 15 is 0 Å². The van der Waals surface area contributed by atoms with Gasteiger partial charge >= 0.3 is 0 Å². The van der Waals surface area contributed by atoms with Gasteiger partial charge in [-0.25, -0.2) is 8.42 Å². The van der Waals surface area contributed by atoms with Gasteiger partial charge in [0.1, 0.15) is 0 Å². The summed E-state index contributed by atoms with van der Waals surface area (Å²) in [6.07, 6.45) is 4.57. The number of nitrogens with zero attached hydrogens (tertiary/aromatic N) is 3. The molecule has 170 valence electrons. The van der Waals surface area contributed by atoms with E-state index in [0.29, 0.717) is 29.8 Å². The number of sulfonamides is 1. The Hall–Kier alpha value is -1.91. The summed E-state index contributed by atoms with van der Waals surface area (Å²) < 4.78 is 32.2. The van der Waals surface area contributed by atoms with Crippen molar-refractivity contribution in [2.24, 2.45) is 5.92 Å². The van der Waals surface area contributed by atoms with Gasteiger partial charge in [0.2, 0.25) is 21.8 Å². The highest BCUT2D eigenvalue weighted by molar-refractivity contribution is 7.99. The summed E-state index contributed by atoms with van der Waals surface area (Å²) in [6.45, 7) is 6.63. The predicted octanol–water partition coefficient (Wildman–Crippen LogP) is 3.55. The first-order valence-electron chi connectivity index (χ1n) is 10.7. The molecule has 0 unspecified atom stereocenters. The molecule has 1 saturated carbocycles. The van der Waals surface area contributed by atoms with Crippen LogP contribution in [0.1, 0.15) is 46.5 Å². The molecule has 1 aliphatic carbocycles. The summed E-state index contributed by atoms with van der Waals surface area (Å²) in [6, 6.07) is 6.62. The molecular weight excluding hydrogens is 436 g/mol. The monoisotopic (exact) mass is 466 g/mol. The number of aromatic nitrogens is 2. The third kappa shape index (κ3) is 5.87. The van der Waals surface area contributed by atoms with Crippen LogP contribution in [-0.4, -0.2) is 53.7 Å². The lowest BCUT2D eigenvalue weighted by Crippen LogP contribution is -2.41. The van der Waals surface area contributed by atoms with Crippen LogP contribution in [0.25, 0.3) is 11.5 Å². The molecule has 1 aromatic heterocycles. The first kappa shape index (κ1) is 23.7. The third-order valence-corrected chi connectivity index (χ3v) is 8.52. The summed E-state index contributed by atoms with van der Waals surface area (Å²) in [5, 5.41) is 11.4. The van der Waals surface area contributed by atoms with E-state index in [1.165, 1.54) is 22.5 Å². The maximum absolute atomic E-state index is 12.6. The van der Waals surface area contributed by atoms with Crippen LogP contribution in [0, 0.1) is 5.92 Å². The topological polar surface area (TPSA) is 105 Å². The number of amides is 1. The van der Waals surface area contributed by atoms with E-state index in [2.05, 4.69) is 22.4 Å². The lowest BCUT2D eigenvalue weighted by atomic mass is 9.86. The Balaban J connectivity index is 1.58. The van der Waals surface area contributed by atoms with Crippen LogP contribution in [-0.2, 0) is 14.8 Å². The maximum atomic E-state index is 12.6. The van der Waals surface area contributed by atoms with Gasteiger partial charge < -0.3 is 9.73 Å². The minimum Gasteiger partial charge on any atom is -0.411 e. The largest absolute Gasteiger partial charge is 0.411 e. The zero-order valence-electron chi connectivity index (χ0n) is 18.2. The molecule has 1 fully saturated rings. The minimum absolute atomic E-state index is 0.0329. The quantitative estimate of drug-likeness (QED) is 0.563. The molecular formula is C21H30N4O4S2. The Morgan fingerprint density at radius 1 is 1.16 bits per heavy atom. The molecule has 2 atom stereocenters. The van der Waals surface area contributed by atoms with E-state index in [9.17, 15) is 13.2 Å².